The lowest BCUT2D eigenvalue weighted by Crippen LogP contribution is -2.48. The normalized spacial score (nSPS) is 14.6. The van der Waals surface area contributed by atoms with E-state index >= 15 is 0 Å². The molecule has 3 aromatic rings. The third-order valence-corrected chi connectivity index (χ3v) is 4.15. The van der Waals surface area contributed by atoms with Gasteiger partial charge in [0.15, 0.2) is 5.69 Å². The standard InChI is InChI=1S/C17H17N7O/c25-15-14(13-5-2-1-3-6-13)21-22-17(20-15)24-11-9-23(10-12-24)16-18-7-4-8-19-16/h1-8H,9-12H2,(H,20,22,25). The Balaban J connectivity index is 1.49. The maximum atomic E-state index is 12.4. The zero-order valence-electron chi connectivity index (χ0n) is 13.5. The predicted octanol–water partition coefficient (Wildman–Crippen LogP) is 0.948. The first-order valence-corrected chi connectivity index (χ1v) is 8.10. The Bertz CT molecular complexity index is 890. The molecule has 0 radical (unpaired) electrons. The van der Waals surface area contributed by atoms with E-state index < -0.39 is 0 Å². The lowest BCUT2D eigenvalue weighted by molar-refractivity contribution is 0.622. The largest absolute Gasteiger partial charge is 0.337 e. The van der Waals surface area contributed by atoms with Gasteiger partial charge in [0.05, 0.1) is 0 Å². The first kappa shape index (κ1) is 15.3. The van der Waals surface area contributed by atoms with Gasteiger partial charge >= 0.3 is 0 Å². The summed E-state index contributed by atoms with van der Waals surface area (Å²) in [5, 5.41) is 8.34. The second kappa shape index (κ2) is 6.68. The molecule has 1 aliphatic rings. The fraction of sp³-hybridized carbons (Fsp3) is 0.235. The Morgan fingerprint density at radius 1 is 0.840 bits per heavy atom. The Morgan fingerprint density at radius 2 is 1.52 bits per heavy atom. The summed E-state index contributed by atoms with van der Waals surface area (Å²) in [6.07, 6.45) is 3.47. The van der Waals surface area contributed by atoms with Crippen molar-refractivity contribution in [1.29, 1.82) is 0 Å². The van der Waals surface area contributed by atoms with Gasteiger partial charge in [0.25, 0.3) is 5.56 Å². The molecule has 1 N–H and O–H groups in total. The van der Waals surface area contributed by atoms with Gasteiger partial charge in [-0.3, -0.25) is 9.78 Å². The molecule has 8 nitrogen and oxygen atoms in total. The number of H-pyrrole nitrogens is 1. The van der Waals surface area contributed by atoms with Crippen molar-refractivity contribution < 1.29 is 0 Å². The highest BCUT2D eigenvalue weighted by atomic mass is 16.1. The van der Waals surface area contributed by atoms with Gasteiger partial charge in [0.2, 0.25) is 11.9 Å². The van der Waals surface area contributed by atoms with Crippen LogP contribution in [0.3, 0.4) is 0 Å². The molecule has 8 heteroatoms. The lowest BCUT2D eigenvalue weighted by Gasteiger charge is -2.34. The molecule has 1 aromatic carbocycles. The minimum absolute atomic E-state index is 0.231. The van der Waals surface area contributed by atoms with Gasteiger partial charge in [-0.2, -0.15) is 0 Å². The Kier molecular flexibility index (Phi) is 4.07. The minimum Gasteiger partial charge on any atom is -0.337 e. The number of anilines is 2. The van der Waals surface area contributed by atoms with Crippen LogP contribution in [0.25, 0.3) is 11.3 Å². The van der Waals surface area contributed by atoms with Gasteiger partial charge in [-0.15, -0.1) is 10.2 Å². The zero-order chi connectivity index (χ0) is 17.1. The number of aromatic amines is 1. The number of benzene rings is 1. The summed E-state index contributed by atoms with van der Waals surface area (Å²) < 4.78 is 0. The number of rotatable bonds is 3. The molecule has 0 unspecified atom stereocenters. The van der Waals surface area contributed by atoms with Crippen LogP contribution in [0.4, 0.5) is 11.9 Å². The van der Waals surface area contributed by atoms with Gasteiger partial charge in [-0.1, -0.05) is 30.3 Å². The summed E-state index contributed by atoms with van der Waals surface area (Å²) in [5.41, 5.74) is 0.861. The van der Waals surface area contributed by atoms with Crippen molar-refractivity contribution in [3.05, 3.63) is 59.1 Å². The molecule has 25 heavy (non-hydrogen) atoms. The quantitative estimate of drug-likeness (QED) is 0.762. The van der Waals surface area contributed by atoms with Crippen LogP contribution in [0, 0.1) is 0 Å². The summed E-state index contributed by atoms with van der Waals surface area (Å²) >= 11 is 0. The summed E-state index contributed by atoms with van der Waals surface area (Å²) in [7, 11) is 0. The van der Waals surface area contributed by atoms with Gasteiger partial charge in [0, 0.05) is 44.1 Å². The molecular formula is C17H17N7O. The van der Waals surface area contributed by atoms with Crippen molar-refractivity contribution >= 4 is 11.9 Å². The minimum atomic E-state index is -0.231. The van der Waals surface area contributed by atoms with E-state index in [9.17, 15) is 4.79 Å². The fourth-order valence-corrected chi connectivity index (χ4v) is 2.83. The van der Waals surface area contributed by atoms with Crippen LogP contribution in [0.2, 0.25) is 0 Å². The molecule has 3 heterocycles. The van der Waals surface area contributed by atoms with E-state index in [1.54, 1.807) is 18.5 Å². The maximum absolute atomic E-state index is 12.4. The smallest absolute Gasteiger partial charge is 0.279 e. The van der Waals surface area contributed by atoms with Crippen LogP contribution in [0.1, 0.15) is 0 Å². The van der Waals surface area contributed by atoms with Crippen LogP contribution in [-0.4, -0.2) is 51.3 Å². The van der Waals surface area contributed by atoms with Crippen LogP contribution in [-0.2, 0) is 0 Å². The SMILES string of the molecule is O=c1[nH]c(N2CCN(c3ncccn3)CC2)nnc1-c1ccccc1. The molecule has 0 saturated carbocycles. The van der Waals surface area contributed by atoms with Gasteiger partial charge < -0.3 is 9.80 Å². The highest BCUT2D eigenvalue weighted by molar-refractivity contribution is 5.57. The van der Waals surface area contributed by atoms with Crippen molar-refractivity contribution in [2.45, 2.75) is 0 Å². The molecule has 0 amide bonds. The summed E-state index contributed by atoms with van der Waals surface area (Å²) in [4.78, 5) is 27.9. The topological polar surface area (TPSA) is 90.9 Å². The van der Waals surface area contributed by atoms with Gasteiger partial charge in [-0.05, 0) is 6.07 Å². The zero-order valence-corrected chi connectivity index (χ0v) is 13.5. The average molecular weight is 335 g/mol. The Labute approximate surface area is 144 Å². The molecule has 0 atom stereocenters. The van der Waals surface area contributed by atoms with Crippen molar-refractivity contribution in [2.75, 3.05) is 36.0 Å². The number of aromatic nitrogens is 5. The lowest BCUT2D eigenvalue weighted by atomic mass is 10.2. The van der Waals surface area contributed by atoms with Crippen LogP contribution < -0.4 is 15.4 Å². The van der Waals surface area contributed by atoms with Crippen molar-refractivity contribution in [3.63, 3.8) is 0 Å². The second-order valence-corrected chi connectivity index (χ2v) is 5.72. The highest BCUT2D eigenvalue weighted by Gasteiger charge is 2.21. The van der Waals surface area contributed by atoms with E-state index in [0.717, 1.165) is 24.6 Å². The molecule has 1 aliphatic heterocycles. The van der Waals surface area contributed by atoms with Crippen LogP contribution >= 0.6 is 0 Å². The van der Waals surface area contributed by atoms with Gasteiger partial charge in [0.1, 0.15) is 0 Å². The molecule has 0 spiro atoms. The van der Waals surface area contributed by atoms with E-state index in [1.165, 1.54) is 0 Å². The van der Waals surface area contributed by atoms with E-state index in [-0.39, 0.29) is 5.56 Å². The number of nitrogens with one attached hydrogen (secondary N) is 1. The van der Waals surface area contributed by atoms with E-state index in [4.69, 9.17) is 0 Å². The van der Waals surface area contributed by atoms with Crippen LogP contribution in [0.15, 0.2) is 53.6 Å². The summed E-state index contributed by atoms with van der Waals surface area (Å²) in [6.45, 7) is 2.95. The van der Waals surface area contributed by atoms with Crippen LogP contribution in [0.5, 0.6) is 0 Å². The van der Waals surface area contributed by atoms with Gasteiger partial charge in [-0.25, -0.2) is 9.97 Å². The summed E-state index contributed by atoms with van der Waals surface area (Å²) in [6, 6.07) is 11.1. The third-order valence-electron chi connectivity index (χ3n) is 4.15. The molecule has 0 bridgehead atoms. The molecule has 126 valence electrons. The Hall–Kier alpha value is -3.29. The highest BCUT2D eigenvalue weighted by Crippen LogP contribution is 2.15. The number of hydrogen-bond donors (Lipinski definition) is 1. The molecule has 1 fully saturated rings. The first-order chi connectivity index (χ1) is 12.3. The number of hydrogen-bond acceptors (Lipinski definition) is 7. The maximum Gasteiger partial charge on any atom is 0.279 e. The van der Waals surface area contributed by atoms with E-state index in [2.05, 4.69) is 30.0 Å². The van der Waals surface area contributed by atoms with E-state index in [0.29, 0.717) is 24.7 Å². The molecule has 0 aliphatic carbocycles. The molecule has 2 aromatic heterocycles. The Morgan fingerprint density at radius 3 is 2.20 bits per heavy atom. The van der Waals surface area contributed by atoms with Crippen molar-refractivity contribution in [1.82, 2.24) is 25.1 Å². The van der Waals surface area contributed by atoms with Crippen molar-refractivity contribution in [2.24, 2.45) is 0 Å². The molecule has 1 saturated heterocycles. The first-order valence-electron chi connectivity index (χ1n) is 8.10. The fourth-order valence-electron chi connectivity index (χ4n) is 2.83. The monoisotopic (exact) mass is 335 g/mol. The number of nitrogens with zero attached hydrogens (tertiary/aromatic N) is 6. The molecular weight excluding hydrogens is 318 g/mol. The third kappa shape index (κ3) is 3.18. The second-order valence-electron chi connectivity index (χ2n) is 5.72. The molecule has 4 rings (SSSR count). The number of piperazine rings is 1. The predicted molar refractivity (Wildman–Crippen MR) is 94.5 cm³/mol. The van der Waals surface area contributed by atoms with Crippen molar-refractivity contribution in [3.8, 4) is 11.3 Å². The summed E-state index contributed by atoms with van der Waals surface area (Å²) in [5.74, 6) is 1.22. The van der Waals surface area contributed by atoms with E-state index in [1.807, 2.05) is 35.2 Å². The average Bonchev–Trinajstić information content (AvgIpc) is 2.69.